The standard InChI is InChI=1S/C26H33IN2O8/c1-3-20(32)26(35)29(17-6-4-5-7-17)19-12-16(25(34)28-8-9-30)13-21(23(19)33)37-24-18(27)10-15(14-31)11-22(24)36-2/h10-11,13-14,17,19,21,23,30,33H,3-9,12H2,1-2H3,(H,28,34)/t19-,21+,23+/m1/s1. The quantitative estimate of drug-likeness (QED) is 0.191. The summed E-state index contributed by atoms with van der Waals surface area (Å²) in [5.41, 5.74) is 0.651. The van der Waals surface area contributed by atoms with Gasteiger partial charge in [0.25, 0.3) is 5.91 Å². The summed E-state index contributed by atoms with van der Waals surface area (Å²) in [4.78, 5) is 51.4. The van der Waals surface area contributed by atoms with Crippen molar-refractivity contribution < 1.29 is 38.9 Å². The van der Waals surface area contributed by atoms with Crippen molar-refractivity contribution in [3.05, 3.63) is 32.9 Å². The first-order valence-corrected chi connectivity index (χ1v) is 13.5. The summed E-state index contributed by atoms with van der Waals surface area (Å²) in [6, 6.07) is 1.99. The van der Waals surface area contributed by atoms with Gasteiger partial charge >= 0.3 is 0 Å². The molecule has 2 aliphatic carbocycles. The predicted octanol–water partition coefficient (Wildman–Crippen LogP) is 1.78. The summed E-state index contributed by atoms with van der Waals surface area (Å²) < 4.78 is 12.1. The lowest BCUT2D eigenvalue weighted by atomic mass is 9.87. The van der Waals surface area contributed by atoms with Gasteiger partial charge in [-0.1, -0.05) is 19.8 Å². The van der Waals surface area contributed by atoms with Gasteiger partial charge in [0.05, 0.1) is 23.3 Å². The Morgan fingerprint density at radius 3 is 2.54 bits per heavy atom. The van der Waals surface area contributed by atoms with Gasteiger partial charge in [-0.3, -0.25) is 19.2 Å². The first-order chi connectivity index (χ1) is 17.7. The van der Waals surface area contributed by atoms with Crippen molar-refractivity contribution in [2.75, 3.05) is 20.3 Å². The second-order valence-electron chi connectivity index (χ2n) is 9.10. The zero-order valence-electron chi connectivity index (χ0n) is 20.9. The molecule has 1 aromatic carbocycles. The molecule has 3 N–H and O–H groups in total. The van der Waals surface area contributed by atoms with Crippen LogP contribution < -0.4 is 14.8 Å². The van der Waals surface area contributed by atoms with Gasteiger partial charge in [0.2, 0.25) is 11.7 Å². The van der Waals surface area contributed by atoms with Gasteiger partial charge in [-0.25, -0.2) is 0 Å². The van der Waals surface area contributed by atoms with Crippen LogP contribution >= 0.6 is 22.6 Å². The van der Waals surface area contributed by atoms with Crippen LogP contribution in [0.15, 0.2) is 23.8 Å². The van der Waals surface area contributed by atoms with Gasteiger partial charge in [0.1, 0.15) is 18.5 Å². The Balaban J connectivity index is 2.04. The van der Waals surface area contributed by atoms with Crippen molar-refractivity contribution >= 4 is 46.5 Å². The number of amides is 2. The van der Waals surface area contributed by atoms with E-state index in [4.69, 9.17) is 14.6 Å². The topological polar surface area (TPSA) is 142 Å². The molecule has 3 atom stereocenters. The fourth-order valence-corrected chi connectivity index (χ4v) is 5.62. The molecule has 3 rings (SSSR count). The lowest BCUT2D eigenvalue weighted by molar-refractivity contribution is -0.151. The number of carbonyl (C=O) groups excluding carboxylic acids is 4. The van der Waals surface area contributed by atoms with Gasteiger partial charge in [0.15, 0.2) is 11.5 Å². The Hall–Kier alpha value is -2.51. The van der Waals surface area contributed by atoms with E-state index < -0.39 is 35.8 Å². The number of aliphatic hydroxyl groups is 2. The molecular formula is C26H33IN2O8. The normalized spacial score (nSPS) is 21.6. The van der Waals surface area contributed by atoms with Crippen LogP contribution in [0.4, 0.5) is 0 Å². The van der Waals surface area contributed by atoms with Crippen molar-refractivity contribution in [3.63, 3.8) is 0 Å². The zero-order chi connectivity index (χ0) is 27.1. The molecule has 2 aliphatic rings. The van der Waals surface area contributed by atoms with Crippen molar-refractivity contribution in [3.8, 4) is 11.5 Å². The largest absolute Gasteiger partial charge is 0.493 e. The highest BCUT2D eigenvalue weighted by atomic mass is 127. The molecule has 0 unspecified atom stereocenters. The molecule has 2 amide bonds. The van der Waals surface area contributed by atoms with E-state index >= 15 is 0 Å². The van der Waals surface area contributed by atoms with Gasteiger partial charge in [-0.15, -0.1) is 0 Å². The number of methoxy groups -OCH3 is 1. The maximum absolute atomic E-state index is 13.3. The summed E-state index contributed by atoms with van der Waals surface area (Å²) in [7, 11) is 1.42. The van der Waals surface area contributed by atoms with Crippen LogP contribution in [0, 0.1) is 3.57 Å². The number of Topliss-reactive ketones (excluding diaryl/α,β-unsaturated/α-hetero) is 1. The number of nitrogens with zero attached hydrogens (tertiary/aromatic N) is 1. The molecule has 0 saturated heterocycles. The summed E-state index contributed by atoms with van der Waals surface area (Å²) in [5, 5.41) is 23.3. The Labute approximate surface area is 229 Å². The summed E-state index contributed by atoms with van der Waals surface area (Å²) in [6.07, 6.45) is 3.11. The second kappa shape index (κ2) is 13.3. The van der Waals surface area contributed by atoms with E-state index in [9.17, 15) is 24.3 Å². The van der Waals surface area contributed by atoms with Crippen molar-refractivity contribution in [2.45, 2.75) is 69.7 Å². The predicted molar refractivity (Wildman–Crippen MR) is 143 cm³/mol. The fourth-order valence-electron chi connectivity index (χ4n) is 4.87. The zero-order valence-corrected chi connectivity index (χ0v) is 23.1. The molecule has 0 aromatic heterocycles. The molecule has 10 nitrogen and oxygen atoms in total. The monoisotopic (exact) mass is 628 g/mol. The van der Waals surface area contributed by atoms with E-state index in [0.29, 0.717) is 28.3 Å². The molecule has 37 heavy (non-hydrogen) atoms. The number of hydrogen-bond acceptors (Lipinski definition) is 8. The minimum atomic E-state index is -1.25. The average molecular weight is 628 g/mol. The van der Waals surface area contributed by atoms with E-state index in [1.54, 1.807) is 13.0 Å². The molecule has 0 heterocycles. The van der Waals surface area contributed by atoms with Crippen molar-refractivity contribution in [1.82, 2.24) is 10.2 Å². The van der Waals surface area contributed by atoms with Crippen LogP contribution in [0.3, 0.4) is 0 Å². The molecule has 0 radical (unpaired) electrons. The summed E-state index contributed by atoms with van der Waals surface area (Å²) in [6.45, 7) is 1.40. The molecule has 0 spiro atoms. The number of nitrogens with one attached hydrogen (secondary N) is 1. The third-order valence-corrected chi connectivity index (χ3v) is 7.53. The van der Waals surface area contributed by atoms with E-state index in [1.165, 1.54) is 24.2 Å². The number of aldehydes is 1. The Kier molecular flexibility index (Phi) is 10.5. The molecule has 1 aromatic rings. The Bertz CT molecular complexity index is 1050. The van der Waals surface area contributed by atoms with Crippen LogP contribution in [0.1, 0.15) is 55.8 Å². The Morgan fingerprint density at radius 2 is 1.95 bits per heavy atom. The van der Waals surface area contributed by atoms with Crippen LogP contribution in [-0.2, 0) is 14.4 Å². The SMILES string of the molecule is CCC(=O)C(=O)N(C1CCCC1)[C@@H]1CC(C(=O)NCCO)=C[C@H](Oc2c(I)cc(C=O)cc2OC)[C@H]1O. The van der Waals surface area contributed by atoms with Crippen LogP contribution in [0.2, 0.25) is 0 Å². The minimum absolute atomic E-state index is 0.0236. The van der Waals surface area contributed by atoms with Crippen LogP contribution in [-0.4, -0.2) is 83.5 Å². The van der Waals surface area contributed by atoms with Gasteiger partial charge in [-0.2, -0.15) is 0 Å². The third kappa shape index (κ3) is 6.68. The lowest BCUT2D eigenvalue weighted by Gasteiger charge is -2.43. The van der Waals surface area contributed by atoms with E-state index in [2.05, 4.69) is 5.32 Å². The molecule has 1 saturated carbocycles. The van der Waals surface area contributed by atoms with Gasteiger partial charge in [0, 0.05) is 36.6 Å². The maximum Gasteiger partial charge on any atom is 0.290 e. The molecule has 0 bridgehead atoms. The number of hydrogen-bond donors (Lipinski definition) is 3. The first-order valence-electron chi connectivity index (χ1n) is 12.4. The number of rotatable bonds is 11. The van der Waals surface area contributed by atoms with Crippen LogP contribution in [0.5, 0.6) is 11.5 Å². The molecule has 202 valence electrons. The average Bonchev–Trinajstić information content (AvgIpc) is 3.43. The Morgan fingerprint density at radius 1 is 1.24 bits per heavy atom. The maximum atomic E-state index is 13.3. The summed E-state index contributed by atoms with van der Waals surface area (Å²) in [5.74, 6) is -1.14. The number of ketones is 1. The molecular weight excluding hydrogens is 595 g/mol. The number of carbonyl (C=O) groups is 4. The number of ether oxygens (including phenoxy) is 2. The van der Waals surface area contributed by atoms with E-state index in [1.807, 2.05) is 22.6 Å². The van der Waals surface area contributed by atoms with Crippen LogP contribution in [0.25, 0.3) is 0 Å². The highest BCUT2D eigenvalue weighted by Crippen LogP contribution is 2.38. The molecule has 0 aliphatic heterocycles. The summed E-state index contributed by atoms with van der Waals surface area (Å²) >= 11 is 1.99. The van der Waals surface area contributed by atoms with Gasteiger partial charge in [-0.05, 0) is 53.6 Å². The smallest absolute Gasteiger partial charge is 0.290 e. The van der Waals surface area contributed by atoms with Crippen molar-refractivity contribution in [1.29, 1.82) is 0 Å². The van der Waals surface area contributed by atoms with E-state index in [0.717, 1.165) is 12.8 Å². The van der Waals surface area contributed by atoms with E-state index in [-0.39, 0.29) is 49.1 Å². The number of aliphatic hydroxyl groups excluding tert-OH is 2. The third-order valence-electron chi connectivity index (χ3n) is 6.73. The highest BCUT2D eigenvalue weighted by molar-refractivity contribution is 14.1. The molecule has 1 fully saturated rings. The van der Waals surface area contributed by atoms with Gasteiger partial charge < -0.3 is 29.9 Å². The van der Waals surface area contributed by atoms with Crippen molar-refractivity contribution in [2.24, 2.45) is 0 Å². The lowest BCUT2D eigenvalue weighted by Crippen LogP contribution is -2.59. The number of benzene rings is 1. The number of halogens is 1. The first kappa shape index (κ1) is 29.1. The fraction of sp³-hybridized carbons (Fsp3) is 0.538. The minimum Gasteiger partial charge on any atom is -0.493 e. The second-order valence-corrected chi connectivity index (χ2v) is 10.3. The highest BCUT2D eigenvalue weighted by Gasteiger charge is 2.44. The molecule has 11 heteroatoms.